The molecule has 0 heterocycles. The van der Waals surface area contributed by atoms with Crippen LogP contribution in [0.2, 0.25) is 0 Å². The van der Waals surface area contributed by atoms with Gasteiger partial charge in [-0.25, -0.2) is 0 Å². The van der Waals surface area contributed by atoms with Crippen molar-refractivity contribution in [2.45, 2.75) is 0 Å². The fourth-order valence-electron chi connectivity index (χ4n) is 2.05. The van der Waals surface area contributed by atoms with Gasteiger partial charge in [-0.2, -0.15) is 0 Å². The third-order valence-electron chi connectivity index (χ3n) is 3.04. The molecule has 0 unspecified atom stereocenters. The Morgan fingerprint density at radius 2 is 1.30 bits per heavy atom. The molecule has 0 saturated heterocycles. The maximum atomic E-state index is 9.30. The Hall–Kier alpha value is -2.74. The van der Waals surface area contributed by atoms with Crippen LogP contribution in [-0.4, -0.2) is 5.11 Å². The third kappa shape index (κ3) is 2.64. The number of rotatable bonds is 3. The van der Waals surface area contributed by atoms with Gasteiger partial charge in [0.15, 0.2) is 0 Å². The molecule has 20 heavy (non-hydrogen) atoms. The van der Waals surface area contributed by atoms with Crippen molar-refractivity contribution in [1.29, 1.82) is 0 Å². The molecule has 0 radical (unpaired) electrons. The summed E-state index contributed by atoms with van der Waals surface area (Å²) in [6, 6.07) is 24.7. The van der Waals surface area contributed by atoms with Gasteiger partial charge < -0.3 is 9.84 Å². The highest BCUT2D eigenvalue weighted by Crippen LogP contribution is 2.33. The molecule has 2 heteroatoms. The first-order valence-corrected chi connectivity index (χ1v) is 6.44. The molecule has 0 aliphatic carbocycles. The predicted octanol–water partition coefficient (Wildman–Crippen LogP) is 4.85. The lowest BCUT2D eigenvalue weighted by Gasteiger charge is -2.11. The molecule has 0 amide bonds. The zero-order valence-electron chi connectivity index (χ0n) is 10.9. The lowest BCUT2D eigenvalue weighted by atomic mass is 10.1. The van der Waals surface area contributed by atoms with Crippen LogP contribution in [0, 0.1) is 0 Å². The van der Waals surface area contributed by atoms with Gasteiger partial charge in [-0.15, -0.1) is 0 Å². The Bertz CT molecular complexity index is 688. The summed E-state index contributed by atoms with van der Waals surface area (Å²) in [5.41, 5.74) is 2.16. The molecule has 0 aromatic heterocycles. The van der Waals surface area contributed by atoms with Crippen LogP contribution in [0.3, 0.4) is 0 Å². The number of ether oxygens (including phenoxy) is 1. The highest BCUT2D eigenvalue weighted by molar-refractivity contribution is 5.70. The number of phenolic OH excluding ortho intramolecular Hbond substituents is 1. The summed E-state index contributed by atoms with van der Waals surface area (Å²) in [5.74, 6) is 1.73. The zero-order chi connectivity index (χ0) is 13.8. The summed E-state index contributed by atoms with van der Waals surface area (Å²) in [5, 5.41) is 9.30. The van der Waals surface area contributed by atoms with Crippen LogP contribution in [0.4, 0.5) is 0 Å². The average molecular weight is 262 g/mol. The maximum absolute atomic E-state index is 9.30. The van der Waals surface area contributed by atoms with Crippen LogP contribution in [0.25, 0.3) is 11.1 Å². The van der Waals surface area contributed by atoms with Gasteiger partial charge in [-0.05, 0) is 35.9 Å². The molecule has 3 rings (SSSR count). The van der Waals surface area contributed by atoms with Crippen molar-refractivity contribution in [3.8, 4) is 28.4 Å². The molecule has 3 aromatic rings. The Morgan fingerprint density at radius 3 is 2.05 bits per heavy atom. The van der Waals surface area contributed by atoms with Gasteiger partial charge in [0.2, 0.25) is 0 Å². The maximum Gasteiger partial charge on any atom is 0.135 e. The fourth-order valence-corrected chi connectivity index (χ4v) is 2.05. The van der Waals surface area contributed by atoms with Crippen molar-refractivity contribution in [1.82, 2.24) is 0 Å². The van der Waals surface area contributed by atoms with Crippen LogP contribution in [0.15, 0.2) is 78.9 Å². The van der Waals surface area contributed by atoms with E-state index < -0.39 is 0 Å². The largest absolute Gasteiger partial charge is 0.508 e. The van der Waals surface area contributed by atoms with E-state index in [1.807, 2.05) is 42.5 Å². The van der Waals surface area contributed by atoms with E-state index in [1.54, 1.807) is 24.3 Å². The number of aromatic hydroxyl groups is 1. The summed E-state index contributed by atoms with van der Waals surface area (Å²) in [7, 11) is 0. The van der Waals surface area contributed by atoms with Crippen LogP contribution in [0.5, 0.6) is 17.2 Å². The summed E-state index contributed by atoms with van der Waals surface area (Å²) < 4.78 is 5.91. The highest BCUT2D eigenvalue weighted by atomic mass is 16.5. The Morgan fingerprint density at radius 1 is 0.650 bits per heavy atom. The van der Waals surface area contributed by atoms with Crippen molar-refractivity contribution in [2.24, 2.45) is 0 Å². The van der Waals surface area contributed by atoms with E-state index in [0.717, 1.165) is 16.9 Å². The van der Waals surface area contributed by atoms with E-state index in [0.29, 0.717) is 5.75 Å². The highest BCUT2D eigenvalue weighted by Gasteiger charge is 2.06. The van der Waals surface area contributed by atoms with E-state index in [-0.39, 0.29) is 5.75 Å². The zero-order valence-corrected chi connectivity index (χ0v) is 10.9. The Balaban J connectivity index is 1.96. The van der Waals surface area contributed by atoms with Crippen LogP contribution in [-0.2, 0) is 0 Å². The second-order valence-corrected chi connectivity index (χ2v) is 4.46. The average Bonchev–Trinajstić information content (AvgIpc) is 2.51. The second kappa shape index (κ2) is 5.49. The van der Waals surface area contributed by atoms with E-state index in [2.05, 4.69) is 12.1 Å². The van der Waals surface area contributed by atoms with E-state index in [4.69, 9.17) is 4.74 Å². The molecular weight excluding hydrogens is 248 g/mol. The molecule has 0 aliphatic heterocycles. The van der Waals surface area contributed by atoms with Crippen LogP contribution < -0.4 is 4.74 Å². The molecule has 0 spiro atoms. The molecule has 3 aromatic carbocycles. The van der Waals surface area contributed by atoms with Crippen molar-refractivity contribution < 1.29 is 9.84 Å². The van der Waals surface area contributed by atoms with Crippen LogP contribution >= 0.6 is 0 Å². The summed E-state index contributed by atoms with van der Waals surface area (Å²) in [6.45, 7) is 0. The van der Waals surface area contributed by atoms with E-state index in [1.165, 1.54) is 0 Å². The molecule has 1 N–H and O–H groups in total. The van der Waals surface area contributed by atoms with E-state index in [9.17, 15) is 5.11 Å². The number of hydrogen-bond acceptors (Lipinski definition) is 2. The fraction of sp³-hybridized carbons (Fsp3) is 0. The second-order valence-electron chi connectivity index (χ2n) is 4.46. The van der Waals surface area contributed by atoms with Gasteiger partial charge >= 0.3 is 0 Å². The van der Waals surface area contributed by atoms with Gasteiger partial charge in [-0.3, -0.25) is 0 Å². The minimum absolute atomic E-state index is 0.230. The van der Waals surface area contributed by atoms with Gasteiger partial charge in [-0.1, -0.05) is 48.5 Å². The molecule has 2 nitrogen and oxygen atoms in total. The molecule has 0 aliphatic rings. The molecule has 0 saturated carbocycles. The lowest BCUT2D eigenvalue weighted by Crippen LogP contribution is -1.87. The molecule has 0 fully saturated rings. The molecule has 0 bridgehead atoms. The quantitative estimate of drug-likeness (QED) is 0.731. The Labute approximate surface area is 117 Å². The third-order valence-corrected chi connectivity index (χ3v) is 3.04. The first kappa shape index (κ1) is 12.3. The molecule has 98 valence electrons. The Kier molecular flexibility index (Phi) is 3.38. The van der Waals surface area contributed by atoms with E-state index >= 15 is 0 Å². The van der Waals surface area contributed by atoms with Gasteiger partial charge in [0, 0.05) is 5.56 Å². The van der Waals surface area contributed by atoms with Crippen molar-refractivity contribution in [3.05, 3.63) is 78.9 Å². The first-order valence-electron chi connectivity index (χ1n) is 6.44. The summed E-state index contributed by atoms with van der Waals surface area (Å²) >= 11 is 0. The molecular formula is C18H14O2. The standard InChI is InChI=1S/C18H14O2/c19-15-10-12-16(13-11-15)20-18-9-5-4-8-17(18)14-6-2-1-3-7-14/h1-13,19H. The van der Waals surface area contributed by atoms with Gasteiger partial charge in [0.05, 0.1) is 0 Å². The minimum Gasteiger partial charge on any atom is -0.508 e. The number of para-hydroxylation sites is 1. The predicted molar refractivity (Wildman–Crippen MR) is 80.1 cm³/mol. The first-order chi connectivity index (χ1) is 9.83. The van der Waals surface area contributed by atoms with Crippen molar-refractivity contribution in [3.63, 3.8) is 0 Å². The van der Waals surface area contributed by atoms with Crippen molar-refractivity contribution >= 4 is 0 Å². The van der Waals surface area contributed by atoms with Crippen LogP contribution in [0.1, 0.15) is 0 Å². The smallest absolute Gasteiger partial charge is 0.135 e. The lowest BCUT2D eigenvalue weighted by molar-refractivity contribution is 0.465. The SMILES string of the molecule is Oc1ccc(Oc2ccccc2-c2ccccc2)cc1. The number of benzene rings is 3. The minimum atomic E-state index is 0.230. The normalized spacial score (nSPS) is 10.2. The summed E-state index contributed by atoms with van der Waals surface area (Å²) in [6.07, 6.45) is 0. The summed E-state index contributed by atoms with van der Waals surface area (Å²) in [4.78, 5) is 0. The van der Waals surface area contributed by atoms with Gasteiger partial charge in [0.1, 0.15) is 17.2 Å². The number of hydrogen-bond donors (Lipinski definition) is 1. The topological polar surface area (TPSA) is 29.5 Å². The van der Waals surface area contributed by atoms with Gasteiger partial charge in [0.25, 0.3) is 0 Å². The van der Waals surface area contributed by atoms with Crippen molar-refractivity contribution in [2.75, 3.05) is 0 Å². The molecule has 0 atom stereocenters. The number of phenols is 1. The monoisotopic (exact) mass is 262 g/mol.